The van der Waals surface area contributed by atoms with E-state index in [1.54, 1.807) is 6.20 Å². The highest BCUT2D eigenvalue weighted by Gasteiger charge is 2.16. The molecule has 3 rings (SSSR count). The van der Waals surface area contributed by atoms with Gasteiger partial charge in [0.2, 0.25) is 0 Å². The molecule has 0 spiro atoms. The van der Waals surface area contributed by atoms with Crippen LogP contribution in [0, 0.1) is 0 Å². The van der Waals surface area contributed by atoms with E-state index in [2.05, 4.69) is 31.0 Å². The number of rotatable bonds is 2. The van der Waals surface area contributed by atoms with E-state index in [0.717, 1.165) is 44.2 Å². The first-order valence-electron chi connectivity index (χ1n) is 6.62. The fraction of sp³-hybridized carbons (Fsp3) is 0.357. The van der Waals surface area contributed by atoms with Crippen molar-refractivity contribution in [3.8, 4) is 0 Å². The SMILES string of the molecule is c1ccc(N2CCCN(c3cccnn3)CC2)nc1. The van der Waals surface area contributed by atoms with Crippen LogP contribution in [-0.2, 0) is 0 Å². The summed E-state index contributed by atoms with van der Waals surface area (Å²) in [5, 5.41) is 8.13. The molecule has 0 unspecified atom stereocenters. The molecule has 5 nitrogen and oxygen atoms in total. The fourth-order valence-corrected chi connectivity index (χ4v) is 2.38. The second-order valence-electron chi connectivity index (χ2n) is 4.60. The molecular weight excluding hydrogens is 238 g/mol. The van der Waals surface area contributed by atoms with Gasteiger partial charge in [-0.25, -0.2) is 4.98 Å². The molecule has 0 radical (unpaired) electrons. The molecule has 0 aromatic carbocycles. The minimum Gasteiger partial charge on any atom is -0.355 e. The first kappa shape index (κ1) is 11.9. The zero-order chi connectivity index (χ0) is 12.9. The summed E-state index contributed by atoms with van der Waals surface area (Å²) in [5.74, 6) is 2.02. The van der Waals surface area contributed by atoms with E-state index < -0.39 is 0 Å². The molecule has 1 aliphatic heterocycles. The average Bonchev–Trinajstić information content (AvgIpc) is 2.75. The van der Waals surface area contributed by atoms with Crippen LogP contribution < -0.4 is 9.80 Å². The molecule has 1 saturated heterocycles. The maximum Gasteiger partial charge on any atom is 0.151 e. The lowest BCUT2D eigenvalue weighted by Gasteiger charge is -2.22. The Bertz CT molecular complexity index is 454. The predicted octanol–water partition coefficient (Wildman–Crippen LogP) is 1.59. The van der Waals surface area contributed by atoms with Gasteiger partial charge in [-0.15, -0.1) is 5.10 Å². The smallest absolute Gasteiger partial charge is 0.151 e. The molecule has 0 saturated carbocycles. The van der Waals surface area contributed by atoms with E-state index in [1.165, 1.54) is 0 Å². The highest BCUT2D eigenvalue weighted by molar-refractivity contribution is 5.41. The van der Waals surface area contributed by atoms with E-state index in [4.69, 9.17) is 0 Å². The summed E-state index contributed by atoms with van der Waals surface area (Å²) in [4.78, 5) is 9.04. The zero-order valence-electron chi connectivity index (χ0n) is 10.8. The molecule has 3 heterocycles. The van der Waals surface area contributed by atoms with Crippen molar-refractivity contribution >= 4 is 11.6 Å². The number of nitrogens with zero attached hydrogens (tertiary/aromatic N) is 5. The summed E-state index contributed by atoms with van der Waals surface area (Å²) in [7, 11) is 0. The first-order chi connectivity index (χ1) is 9.43. The van der Waals surface area contributed by atoms with Gasteiger partial charge in [-0.05, 0) is 30.7 Å². The van der Waals surface area contributed by atoms with Gasteiger partial charge in [0.1, 0.15) is 5.82 Å². The molecule has 0 aliphatic carbocycles. The minimum absolute atomic E-state index is 0.954. The highest BCUT2D eigenvalue weighted by Crippen LogP contribution is 2.16. The first-order valence-corrected chi connectivity index (χ1v) is 6.62. The van der Waals surface area contributed by atoms with E-state index in [0.29, 0.717) is 0 Å². The van der Waals surface area contributed by atoms with Crippen molar-refractivity contribution in [3.05, 3.63) is 42.7 Å². The molecule has 1 fully saturated rings. The van der Waals surface area contributed by atoms with Crippen molar-refractivity contribution in [2.45, 2.75) is 6.42 Å². The summed E-state index contributed by atoms with van der Waals surface area (Å²) in [6, 6.07) is 10.0. The zero-order valence-corrected chi connectivity index (χ0v) is 10.8. The Morgan fingerprint density at radius 3 is 2.26 bits per heavy atom. The van der Waals surface area contributed by atoms with Crippen molar-refractivity contribution < 1.29 is 0 Å². The third-order valence-corrected chi connectivity index (χ3v) is 3.35. The average molecular weight is 255 g/mol. The van der Waals surface area contributed by atoms with Crippen LogP contribution in [0.25, 0.3) is 0 Å². The second-order valence-corrected chi connectivity index (χ2v) is 4.60. The Balaban J connectivity index is 1.69. The molecule has 98 valence electrons. The highest BCUT2D eigenvalue weighted by atomic mass is 15.3. The molecule has 2 aromatic rings. The maximum absolute atomic E-state index is 4.42. The van der Waals surface area contributed by atoms with Crippen LogP contribution in [0.3, 0.4) is 0 Å². The van der Waals surface area contributed by atoms with E-state index in [1.807, 2.05) is 30.5 Å². The minimum atomic E-state index is 0.954. The lowest BCUT2D eigenvalue weighted by molar-refractivity contribution is 0.785. The third-order valence-electron chi connectivity index (χ3n) is 3.35. The second kappa shape index (κ2) is 5.65. The van der Waals surface area contributed by atoms with Crippen LogP contribution in [0.2, 0.25) is 0 Å². The monoisotopic (exact) mass is 255 g/mol. The van der Waals surface area contributed by atoms with Crippen molar-refractivity contribution in [2.75, 3.05) is 36.0 Å². The summed E-state index contributed by atoms with van der Waals surface area (Å²) < 4.78 is 0. The van der Waals surface area contributed by atoms with Gasteiger partial charge in [0, 0.05) is 38.6 Å². The summed E-state index contributed by atoms with van der Waals surface area (Å²) in [6.07, 6.45) is 4.66. The van der Waals surface area contributed by atoms with Crippen molar-refractivity contribution in [2.24, 2.45) is 0 Å². The maximum atomic E-state index is 4.42. The van der Waals surface area contributed by atoms with Gasteiger partial charge >= 0.3 is 0 Å². The van der Waals surface area contributed by atoms with Gasteiger partial charge in [0.25, 0.3) is 0 Å². The van der Waals surface area contributed by atoms with Gasteiger partial charge in [-0.1, -0.05) is 6.07 Å². The molecule has 0 amide bonds. The van der Waals surface area contributed by atoms with Crippen LogP contribution in [0.5, 0.6) is 0 Å². The summed E-state index contributed by atoms with van der Waals surface area (Å²) in [6.45, 7) is 3.97. The molecular formula is C14H17N5. The van der Waals surface area contributed by atoms with Crippen molar-refractivity contribution in [1.29, 1.82) is 0 Å². The Labute approximate surface area is 112 Å². The number of hydrogen-bond donors (Lipinski definition) is 0. The molecule has 0 atom stereocenters. The van der Waals surface area contributed by atoms with Gasteiger partial charge < -0.3 is 9.80 Å². The topological polar surface area (TPSA) is 45.2 Å². The molecule has 1 aliphatic rings. The summed E-state index contributed by atoms with van der Waals surface area (Å²) in [5.41, 5.74) is 0. The normalized spacial score (nSPS) is 16.2. The van der Waals surface area contributed by atoms with Gasteiger partial charge in [-0.2, -0.15) is 5.10 Å². The number of aromatic nitrogens is 3. The third kappa shape index (κ3) is 2.81. The fourth-order valence-electron chi connectivity index (χ4n) is 2.38. The number of anilines is 2. The van der Waals surface area contributed by atoms with Crippen LogP contribution in [-0.4, -0.2) is 41.4 Å². The van der Waals surface area contributed by atoms with E-state index >= 15 is 0 Å². The Hall–Kier alpha value is -2.17. The number of hydrogen-bond acceptors (Lipinski definition) is 5. The van der Waals surface area contributed by atoms with Crippen LogP contribution in [0.1, 0.15) is 6.42 Å². The largest absolute Gasteiger partial charge is 0.355 e. The van der Waals surface area contributed by atoms with Crippen LogP contribution in [0.15, 0.2) is 42.7 Å². The van der Waals surface area contributed by atoms with Gasteiger partial charge in [0.15, 0.2) is 5.82 Å². The Kier molecular flexibility index (Phi) is 3.54. The van der Waals surface area contributed by atoms with E-state index in [-0.39, 0.29) is 0 Å². The van der Waals surface area contributed by atoms with Gasteiger partial charge in [0.05, 0.1) is 0 Å². The quantitative estimate of drug-likeness (QED) is 0.815. The molecule has 2 aromatic heterocycles. The standard InChI is InChI=1S/C14H17N5/c1-2-7-15-13(5-1)18-9-4-10-19(12-11-18)14-6-3-8-16-17-14/h1-3,5-8H,4,9-12H2. The van der Waals surface area contributed by atoms with Crippen LogP contribution in [0.4, 0.5) is 11.6 Å². The lowest BCUT2D eigenvalue weighted by atomic mass is 10.3. The van der Waals surface area contributed by atoms with Crippen molar-refractivity contribution in [1.82, 2.24) is 15.2 Å². The van der Waals surface area contributed by atoms with Crippen LogP contribution >= 0.6 is 0 Å². The summed E-state index contributed by atoms with van der Waals surface area (Å²) >= 11 is 0. The predicted molar refractivity (Wildman–Crippen MR) is 75.3 cm³/mol. The number of pyridine rings is 1. The molecule has 0 N–H and O–H groups in total. The van der Waals surface area contributed by atoms with E-state index in [9.17, 15) is 0 Å². The molecule has 0 bridgehead atoms. The Morgan fingerprint density at radius 1 is 0.789 bits per heavy atom. The van der Waals surface area contributed by atoms with Gasteiger partial charge in [-0.3, -0.25) is 0 Å². The Morgan fingerprint density at radius 2 is 1.58 bits per heavy atom. The molecule has 19 heavy (non-hydrogen) atoms. The van der Waals surface area contributed by atoms with Crippen molar-refractivity contribution in [3.63, 3.8) is 0 Å². The lowest BCUT2D eigenvalue weighted by Crippen LogP contribution is -2.31. The molecule has 5 heteroatoms.